The van der Waals surface area contributed by atoms with E-state index in [9.17, 15) is 4.79 Å². The summed E-state index contributed by atoms with van der Waals surface area (Å²) in [6, 6.07) is 6.54. The molecule has 0 spiro atoms. The first-order chi connectivity index (χ1) is 9.19. The second kappa shape index (κ2) is 5.78. The summed E-state index contributed by atoms with van der Waals surface area (Å²) in [6.45, 7) is 0.272. The molecule has 1 aromatic heterocycles. The van der Waals surface area contributed by atoms with Crippen molar-refractivity contribution in [2.75, 3.05) is 5.43 Å². The van der Waals surface area contributed by atoms with Crippen LogP contribution in [0.15, 0.2) is 36.7 Å². The minimum atomic E-state index is -0.470. The minimum Gasteiger partial charge on any atom is -0.487 e. The molecule has 7 heteroatoms. The molecule has 0 radical (unpaired) electrons. The van der Waals surface area contributed by atoms with E-state index in [-0.39, 0.29) is 6.61 Å². The Morgan fingerprint density at radius 2 is 1.95 bits per heavy atom. The number of nitrogens with zero attached hydrogens (tertiary/aromatic N) is 2. The van der Waals surface area contributed by atoms with E-state index in [1.54, 1.807) is 30.5 Å². The monoisotopic (exact) mass is 259 g/mol. The van der Waals surface area contributed by atoms with E-state index < -0.39 is 5.91 Å². The molecule has 7 nitrogen and oxygen atoms in total. The molecule has 0 atom stereocenters. The quantitative estimate of drug-likeness (QED) is 0.530. The molecule has 1 heterocycles. The number of benzene rings is 1. The Labute approximate surface area is 109 Å². The molecule has 0 aliphatic rings. The Morgan fingerprint density at radius 1 is 1.21 bits per heavy atom. The molecule has 2 aromatic rings. The second-order valence-corrected chi connectivity index (χ2v) is 3.71. The lowest BCUT2D eigenvalue weighted by Crippen LogP contribution is -2.10. The van der Waals surface area contributed by atoms with Crippen LogP contribution in [0, 0.1) is 0 Å². The van der Waals surface area contributed by atoms with Crippen LogP contribution in [-0.4, -0.2) is 15.9 Å². The number of carbonyl (C=O) groups is 1. The van der Waals surface area contributed by atoms with E-state index in [0.29, 0.717) is 22.8 Å². The number of hydrogen-bond acceptors (Lipinski definition) is 6. The highest BCUT2D eigenvalue weighted by Gasteiger charge is 2.01. The van der Waals surface area contributed by atoms with Crippen LogP contribution in [0.3, 0.4) is 0 Å². The molecule has 5 N–H and O–H groups in total. The first-order valence-corrected chi connectivity index (χ1v) is 5.49. The first kappa shape index (κ1) is 12.8. The van der Waals surface area contributed by atoms with Gasteiger partial charge in [0, 0.05) is 5.56 Å². The fraction of sp³-hybridized carbons (Fsp3) is 0.0833. The van der Waals surface area contributed by atoms with Crippen LogP contribution in [0.25, 0.3) is 0 Å². The van der Waals surface area contributed by atoms with Gasteiger partial charge in [-0.05, 0) is 24.3 Å². The van der Waals surface area contributed by atoms with Gasteiger partial charge >= 0.3 is 0 Å². The van der Waals surface area contributed by atoms with Gasteiger partial charge < -0.3 is 15.9 Å². The topological polar surface area (TPSA) is 116 Å². The average Bonchev–Trinajstić information content (AvgIpc) is 2.46. The Balaban J connectivity index is 1.95. The van der Waals surface area contributed by atoms with E-state index >= 15 is 0 Å². The predicted molar refractivity (Wildman–Crippen MR) is 69.1 cm³/mol. The number of hydrazine groups is 1. The number of ether oxygens (including phenoxy) is 1. The van der Waals surface area contributed by atoms with E-state index in [1.807, 2.05) is 0 Å². The van der Waals surface area contributed by atoms with Gasteiger partial charge in [-0.15, -0.1) is 0 Å². The Kier molecular flexibility index (Phi) is 3.89. The highest BCUT2D eigenvalue weighted by atomic mass is 16.5. The summed E-state index contributed by atoms with van der Waals surface area (Å²) < 4.78 is 5.49. The third-order valence-electron chi connectivity index (χ3n) is 2.38. The van der Waals surface area contributed by atoms with Gasteiger partial charge in [0.1, 0.15) is 12.4 Å². The van der Waals surface area contributed by atoms with E-state index in [2.05, 4.69) is 15.4 Å². The summed E-state index contributed by atoms with van der Waals surface area (Å²) in [6.07, 6.45) is 3.07. The van der Waals surface area contributed by atoms with Gasteiger partial charge in [0.05, 0.1) is 18.1 Å². The van der Waals surface area contributed by atoms with Crippen LogP contribution in [-0.2, 0) is 6.61 Å². The van der Waals surface area contributed by atoms with Gasteiger partial charge in [-0.2, -0.15) is 0 Å². The fourth-order valence-corrected chi connectivity index (χ4v) is 1.38. The van der Waals surface area contributed by atoms with Crippen molar-refractivity contribution in [2.24, 2.45) is 11.6 Å². The van der Waals surface area contributed by atoms with E-state index in [0.717, 1.165) is 0 Å². The van der Waals surface area contributed by atoms with Crippen LogP contribution >= 0.6 is 0 Å². The molecule has 0 saturated carbocycles. The molecule has 0 bridgehead atoms. The summed E-state index contributed by atoms with van der Waals surface area (Å²) in [4.78, 5) is 19.0. The summed E-state index contributed by atoms with van der Waals surface area (Å²) in [5.74, 6) is 5.81. The van der Waals surface area contributed by atoms with Crippen LogP contribution in [0.5, 0.6) is 5.75 Å². The standard InChI is InChI=1S/C12H13N5O2/c13-12(18)8-1-3-10(4-2-8)19-7-9-5-16-11(17-14)6-15-9/h1-6H,7,14H2,(H2,13,18)(H,16,17). The molecule has 1 aromatic carbocycles. The van der Waals surface area contributed by atoms with Gasteiger partial charge in [-0.1, -0.05) is 0 Å². The Bertz CT molecular complexity index is 553. The third-order valence-corrected chi connectivity index (χ3v) is 2.38. The molecule has 19 heavy (non-hydrogen) atoms. The van der Waals surface area contributed by atoms with Crippen molar-refractivity contribution in [3.05, 3.63) is 47.9 Å². The van der Waals surface area contributed by atoms with Crippen molar-refractivity contribution in [1.82, 2.24) is 9.97 Å². The molecule has 0 fully saturated rings. The van der Waals surface area contributed by atoms with E-state index in [1.165, 1.54) is 6.20 Å². The average molecular weight is 259 g/mol. The van der Waals surface area contributed by atoms with Gasteiger partial charge in [0.25, 0.3) is 0 Å². The van der Waals surface area contributed by atoms with Crippen LogP contribution < -0.4 is 21.7 Å². The Morgan fingerprint density at radius 3 is 2.47 bits per heavy atom. The number of aromatic nitrogens is 2. The van der Waals surface area contributed by atoms with Gasteiger partial charge in [0.2, 0.25) is 5.91 Å². The van der Waals surface area contributed by atoms with Crippen LogP contribution in [0.4, 0.5) is 5.82 Å². The van der Waals surface area contributed by atoms with E-state index in [4.69, 9.17) is 16.3 Å². The number of primary amides is 1. The maximum atomic E-state index is 10.9. The maximum absolute atomic E-state index is 10.9. The predicted octanol–water partition coefficient (Wildman–Crippen LogP) is 0.440. The molecule has 0 aliphatic carbocycles. The summed E-state index contributed by atoms with van der Waals surface area (Å²) in [5, 5.41) is 0. The number of rotatable bonds is 5. The number of nitrogens with two attached hydrogens (primary N) is 2. The fourth-order valence-electron chi connectivity index (χ4n) is 1.38. The summed E-state index contributed by atoms with van der Waals surface area (Å²) in [5.41, 5.74) is 8.63. The number of amides is 1. The third kappa shape index (κ3) is 3.39. The summed E-state index contributed by atoms with van der Waals surface area (Å²) >= 11 is 0. The maximum Gasteiger partial charge on any atom is 0.248 e. The first-order valence-electron chi connectivity index (χ1n) is 5.49. The van der Waals surface area contributed by atoms with Crippen molar-refractivity contribution in [1.29, 1.82) is 0 Å². The SMILES string of the molecule is NNc1cnc(COc2ccc(C(N)=O)cc2)cn1. The second-order valence-electron chi connectivity index (χ2n) is 3.71. The van der Waals surface area contributed by atoms with Crippen LogP contribution in [0.2, 0.25) is 0 Å². The van der Waals surface area contributed by atoms with Gasteiger partial charge in [0.15, 0.2) is 5.82 Å². The lowest BCUT2D eigenvalue weighted by molar-refractivity contribution is 0.100. The molecule has 0 saturated heterocycles. The zero-order chi connectivity index (χ0) is 13.7. The molecule has 98 valence electrons. The number of nitrogens with one attached hydrogen (secondary N) is 1. The smallest absolute Gasteiger partial charge is 0.248 e. The number of nitrogen functional groups attached to an aromatic ring is 1. The van der Waals surface area contributed by atoms with Crippen molar-refractivity contribution in [3.8, 4) is 5.75 Å². The van der Waals surface area contributed by atoms with Gasteiger partial charge in [-0.25, -0.2) is 10.8 Å². The number of carbonyl (C=O) groups excluding carboxylic acids is 1. The van der Waals surface area contributed by atoms with Gasteiger partial charge in [-0.3, -0.25) is 9.78 Å². The molecule has 1 amide bonds. The highest BCUT2D eigenvalue weighted by molar-refractivity contribution is 5.92. The number of anilines is 1. The normalized spacial score (nSPS) is 9.95. The molecular weight excluding hydrogens is 246 g/mol. The lowest BCUT2D eigenvalue weighted by atomic mass is 10.2. The molecule has 0 unspecified atom stereocenters. The zero-order valence-corrected chi connectivity index (χ0v) is 10.0. The molecule has 0 aliphatic heterocycles. The Hall–Kier alpha value is -2.67. The van der Waals surface area contributed by atoms with Crippen molar-refractivity contribution in [3.63, 3.8) is 0 Å². The number of hydrogen-bond donors (Lipinski definition) is 3. The highest BCUT2D eigenvalue weighted by Crippen LogP contribution is 2.13. The largest absolute Gasteiger partial charge is 0.487 e. The molecular formula is C12H13N5O2. The van der Waals surface area contributed by atoms with Crippen LogP contribution in [0.1, 0.15) is 16.1 Å². The summed E-state index contributed by atoms with van der Waals surface area (Å²) in [7, 11) is 0. The lowest BCUT2D eigenvalue weighted by Gasteiger charge is -2.06. The zero-order valence-electron chi connectivity index (χ0n) is 10.0. The van der Waals surface area contributed by atoms with Crippen molar-refractivity contribution in [2.45, 2.75) is 6.61 Å². The molecule has 2 rings (SSSR count). The van der Waals surface area contributed by atoms with Crippen molar-refractivity contribution >= 4 is 11.7 Å². The van der Waals surface area contributed by atoms with Crippen molar-refractivity contribution < 1.29 is 9.53 Å². The minimum absolute atomic E-state index is 0.272.